The Balaban J connectivity index is 1.72. The first-order valence-corrected chi connectivity index (χ1v) is 5.44. The standard InChI is InChI=1S/C10H13NS/c1-2-4-10(5-3-1)8-12-9-11-6-7-11/h1-5H,6-9H2. The van der Waals surface area contributed by atoms with E-state index in [2.05, 4.69) is 35.2 Å². The maximum Gasteiger partial charge on any atom is 0.0448 e. The lowest BCUT2D eigenvalue weighted by molar-refractivity contribution is 0.670. The van der Waals surface area contributed by atoms with Crippen molar-refractivity contribution in [3.05, 3.63) is 35.9 Å². The highest BCUT2D eigenvalue weighted by molar-refractivity contribution is 7.98. The highest BCUT2D eigenvalue weighted by atomic mass is 32.2. The van der Waals surface area contributed by atoms with Crippen molar-refractivity contribution in [2.75, 3.05) is 19.0 Å². The summed E-state index contributed by atoms with van der Waals surface area (Å²) in [6, 6.07) is 10.7. The van der Waals surface area contributed by atoms with Crippen molar-refractivity contribution in [3.8, 4) is 0 Å². The van der Waals surface area contributed by atoms with Gasteiger partial charge < -0.3 is 0 Å². The van der Waals surface area contributed by atoms with Gasteiger partial charge in [-0.25, -0.2) is 0 Å². The van der Waals surface area contributed by atoms with E-state index in [0.29, 0.717) is 0 Å². The molecule has 64 valence electrons. The molecule has 1 nitrogen and oxygen atoms in total. The predicted molar refractivity (Wildman–Crippen MR) is 54.2 cm³/mol. The lowest BCUT2D eigenvalue weighted by Crippen LogP contribution is -1.93. The summed E-state index contributed by atoms with van der Waals surface area (Å²) in [5.41, 5.74) is 1.43. The van der Waals surface area contributed by atoms with Gasteiger partial charge in [0, 0.05) is 24.7 Å². The summed E-state index contributed by atoms with van der Waals surface area (Å²) in [4.78, 5) is 2.44. The minimum absolute atomic E-state index is 1.15. The van der Waals surface area contributed by atoms with E-state index < -0.39 is 0 Å². The van der Waals surface area contributed by atoms with Crippen molar-refractivity contribution >= 4 is 11.8 Å². The van der Waals surface area contributed by atoms with Crippen molar-refractivity contribution in [1.82, 2.24) is 4.90 Å². The van der Waals surface area contributed by atoms with Crippen LogP contribution in [0, 0.1) is 0 Å². The van der Waals surface area contributed by atoms with Crippen LogP contribution < -0.4 is 0 Å². The van der Waals surface area contributed by atoms with Crippen molar-refractivity contribution in [2.24, 2.45) is 0 Å². The van der Waals surface area contributed by atoms with Gasteiger partial charge >= 0.3 is 0 Å². The third kappa shape index (κ3) is 2.54. The summed E-state index contributed by atoms with van der Waals surface area (Å²) < 4.78 is 0. The number of nitrogens with zero attached hydrogens (tertiary/aromatic N) is 1. The zero-order valence-corrected chi connectivity index (χ0v) is 7.89. The third-order valence-electron chi connectivity index (χ3n) is 1.93. The Hall–Kier alpha value is -0.470. The summed E-state index contributed by atoms with van der Waals surface area (Å²) in [6.45, 7) is 2.61. The molecule has 1 aliphatic rings. The van der Waals surface area contributed by atoms with Crippen molar-refractivity contribution < 1.29 is 0 Å². The molecule has 0 amide bonds. The second-order valence-corrected chi connectivity index (χ2v) is 4.04. The number of hydrogen-bond acceptors (Lipinski definition) is 2. The van der Waals surface area contributed by atoms with E-state index in [-0.39, 0.29) is 0 Å². The van der Waals surface area contributed by atoms with E-state index in [0.717, 1.165) is 5.75 Å². The molecule has 1 aromatic rings. The minimum atomic E-state index is 1.15. The normalized spacial score (nSPS) is 16.3. The molecule has 12 heavy (non-hydrogen) atoms. The van der Waals surface area contributed by atoms with E-state index >= 15 is 0 Å². The molecule has 0 aliphatic carbocycles. The summed E-state index contributed by atoms with van der Waals surface area (Å²) in [6.07, 6.45) is 0. The molecule has 1 saturated heterocycles. The Bertz CT molecular complexity index is 231. The van der Waals surface area contributed by atoms with Gasteiger partial charge in [-0.1, -0.05) is 30.3 Å². The fourth-order valence-corrected chi connectivity index (χ4v) is 2.10. The fourth-order valence-electron chi connectivity index (χ4n) is 1.07. The van der Waals surface area contributed by atoms with Gasteiger partial charge in [-0.3, -0.25) is 4.90 Å². The van der Waals surface area contributed by atoms with Crippen molar-refractivity contribution in [3.63, 3.8) is 0 Å². The molecule has 1 heterocycles. The zero-order chi connectivity index (χ0) is 8.23. The molecule has 2 rings (SSSR count). The topological polar surface area (TPSA) is 3.01 Å². The maximum atomic E-state index is 2.44. The summed E-state index contributed by atoms with van der Waals surface area (Å²) in [5, 5.41) is 0. The molecule has 1 fully saturated rings. The van der Waals surface area contributed by atoms with Gasteiger partial charge in [0.25, 0.3) is 0 Å². The van der Waals surface area contributed by atoms with Crippen LogP contribution in [-0.2, 0) is 5.75 Å². The zero-order valence-electron chi connectivity index (χ0n) is 7.07. The monoisotopic (exact) mass is 179 g/mol. The van der Waals surface area contributed by atoms with Crippen LogP contribution in [0.3, 0.4) is 0 Å². The molecule has 0 radical (unpaired) electrons. The molecule has 1 aliphatic heterocycles. The second kappa shape index (κ2) is 3.97. The highest BCUT2D eigenvalue weighted by Crippen LogP contribution is 2.16. The van der Waals surface area contributed by atoms with Crippen LogP contribution in [0.2, 0.25) is 0 Å². The molecule has 0 N–H and O–H groups in total. The quantitative estimate of drug-likeness (QED) is 0.652. The van der Waals surface area contributed by atoms with E-state index in [1.165, 1.54) is 24.5 Å². The molecule has 0 bridgehead atoms. The predicted octanol–water partition coefficient (Wildman–Crippen LogP) is 2.19. The molecule has 0 spiro atoms. The Kier molecular flexibility index (Phi) is 2.69. The van der Waals surface area contributed by atoms with Gasteiger partial charge in [0.15, 0.2) is 0 Å². The van der Waals surface area contributed by atoms with Gasteiger partial charge in [-0.05, 0) is 5.56 Å². The molecule has 1 aromatic carbocycles. The number of benzene rings is 1. The van der Waals surface area contributed by atoms with Crippen LogP contribution in [0.1, 0.15) is 5.56 Å². The van der Waals surface area contributed by atoms with Gasteiger partial charge in [-0.2, -0.15) is 0 Å². The van der Waals surface area contributed by atoms with Gasteiger partial charge in [0.05, 0.1) is 0 Å². The molecular weight excluding hydrogens is 166 g/mol. The van der Waals surface area contributed by atoms with Crippen LogP contribution in [0.15, 0.2) is 30.3 Å². The van der Waals surface area contributed by atoms with Crippen molar-refractivity contribution in [1.29, 1.82) is 0 Å². The Morgan fingerprint density at radius 3 is 2.58 bits per heavy atom. The van der Waals surface area contributed by atoms with Crippen LogP contribution in [0.5, 0.6) is 0 Å². The largest absolute Gasteiger partial charge is 0.292 e. The molecule has 0 unspecified atom stereocenters. The Morgan fingerprint density at radius 1 is 1.17 bits per heavy atom. The lowest BCUT2D eigenvalue weighted by Gasteiger charge is -2.00. The molecule has 0 aromatic heterocycles. The van der Waals surface area contributed by atoms with Crippen LogP contribution in [0.25, 0.3) is 0 Å². The summed E-state index contributed by atoms with van der Waals surface area (Å²) >= 11 is 2.00. The molecular formula is C10H13NS. The fraction of sp³-hybridized carbons (Fsp3) is 0.400. The minimum Gasteiger partial charge on any atom is -0.292 e. The first-order chi connectivity index (χ1) is 5.95. The average Bonchev–Trinajstić information content (AvgIpc) is 2.90. The molecule has 2 heteroatoms. The third-order valence-corrected chi connectivity index (χ3v) is 3.01. The first kappa shape index (κ1) is 8.14. The summed E-state index contributed by atoms with van der Waals surface area (Å²) in [7, 11) is 0. The smallest absolute Gasteiger partial charge is 0.0448 e. The summed E-state index contributed by atoms with van der Waals surface area (Å²) in [5.74, 6) is 2.35. The maximum absolute atomic E-state index is 2.44. The highest BCUT2D eigenvalue weighted by Gasteiger charge is 2.15. The number of rotatable bonds is 4. The molecule has 0 saturated carbocycles. The molecule has 0 atom stereocenters. The Labute approximate surface area is 77.8 Å². The van der Waals surface area contributed by atoms with Crippen LogP contribution >= 0.6 is 11.8 Å². The average molecular weight is 179 g/mol. The van der Waals surface area contributed by atoms with Crippen LogP contribution in [-0.4, -0.2) is 23.9 Å². The SMILES string of the molecule is c1ccc(CSCN2CC2)cc1. The van der Waals surface area contributed by atoms with Gasteiger partial charge in [0.1, 0.15) is 0 Å². The first-order valence-electron chi connectivity index (χ1n) is 4.29. The second-order valence-electron chi connectivity index (χ2n) is 3.08. The van der Waals surface area contributed by atoms with E-state index in [1.54, 1.807) is 0 Å². The van der Waals surface area contributed by atoms with E-state index in [1.807, 2.05) is 11.8 Å². The van der Waals surface area contributed by atoms with Gasteiger partial charge in [-0.15, -0.1) is 11.8 Å². The lowest BCUT2D eigenvalue weighted by atomic mass is 10.2. The van der Waals surface area contributed by atoms with E-state index in [4.69, 9.17) is 0 Å². The number of thioether (sulfide) groups is 1. The van der Waals surface area contributed by atoms with E-state index in [9.17, 15) is 0 Å². The van der Waals surface area contributed by atoms with Gasteiger partial charge in [0.2, 0.25) is 0 Å². The van der Waals surface area contributed by atoms with Crippen molar-refractivity contribution in [2.45, 2.75) is 5.75 Å². The Morgan fingerprint density at radius 2 is 1.92 bits per heavy atom. The van der Waals surface area contributed by atoms with Crippen LogP contribution in [0.4, 0.5) is 0 Å². The number of hydrogen-bond donors (Lipinski definition) is 0.